The molecule has 1 saturated carbocycles. The predicted octanol–water partition coefficient (Wildman–Crippen LogP) is 3.58. The van der Waals surface area contributed by atoms with Crippen LogP contribution >= 0.6 is 34.8 Å². The number of nitrogens with one attached hydrogen (secondary N) is 1. The third-order valence-corrected chi connectivity index (χ3v) is 4.68. The second-order valence-electron chi connectivity index (χ2n) is 4.85. The van der Waals surface area contributed by atoms with Crippen molar-refractivity contribution < 1.29 is 4.79 Å². The molecule has 2 rings (SSSR count). The molecule has 1 fully saturated rings. The Kier molecular flexibility index (Phi) is 3.82. The van der Waals surface area contributed by atoms with Crippen LogP contribution in [0.4, 0.5) is 0 Å². The minimum atomic E-state index is -0.910. The fraction of sp³-hybridized carbons (Fsp3) is 0.462. The van der Waals surface area contributed by atoms with Crippen LogP contribution in [0.15, 0.2) is 24.3 Å². The molecule has 5 heteroatoms. The number of halogens is 3. The molecule has 1 aliphatic rings. The zero-order valence-corrected chi connectivity index (χ0v) is 12.2. The topological polar surface area (TPSA) is 29.1 Å². The van der Waals surface area contributed by atoms with Gasteiger partial charge >= 0.3 is 0 Å². The lowest BCUT2D eigenvalue weighted by atomic mass is 10.1. The lowest BCUT2D eigenvalue weighted by Gasteiger charge is -2.12. The van der Waals surface area contributed by atoms with E-state index in [2.05, 4.69) is 5.32 Å². The average molecular weight is 307 g/mol. The van der Waals surface area contributed by atoms with E-state index in [0.717, 1.165) is 12.0 Å². The van der Waals surface area contributed by atoms with Gasteiger partial charge in [-0.2, -0.15) is 0 Å². The van der Waals surface area contributed by atoms with E-state index in [1.165, 1.54) is 0 Å². The van der Waals surface area contributed by atoms with Crippen LogP contribution in [0.5, 0.6) is 0 Å². The minimum absolute atomic E-state index is 0.0884. The fourth-order valence-corrected chi connectivity index (χ4v) is 2.77. The summed E-state index contributed by atoms with van der Waals surface area (Å²) in [6, 6.07) is 7.58. The van der Waals surface area contributed by atoms with Crippen molar-refractivity contribution in [3.63, 3.8) is 0 Å². The highest BCUT2D eigenvalue weighted by Gasteiger charge is 2.67. The summed E-state index contributed by atoms with van der Waals surface area (Å²) < 4.78 is -0.910. The first kappa shape index (κ1) is 14.0. The van der Waals surface area contributed by atoms with Crippen LogP contribution < -0.4 is 5.32 Å². The Morgan fingerprint density at radius 1 is 1.44 bits per heavy atom. The van der Waals surface area contributed by atoms with E-state index in [-0.39, 0.29) is 5.91 Å². The standard InChI is InChI=1S/C13H14Cl3NO/c1-12(8-13(12,15)16)11(18)17-6-5-9-3-2-4-10(14)7-9/h2-4,7H,5-6,8H2,1H3,(H,17,18). The van der Waals surface area contributed by atoms with Gasteiger partial charge in [-0.3, -0.25) is 4.79 Å². The molecular weight excluding hydrogens is 293 g/mol. The van der Waals surface area contributed by atoms with Gasteiger partial charge in [0.2, 0.25) is 5.91 Å². The van der Waals surface area contributed by atoms with Gasteiger partial charge in [0.1, 0.15) is 4.33 Å². The van der Waals surface area contributed by atoms with Gasteiger partial charge in [-0.1, -0.05) is 23.7 Å². The number of hydrogen-bond acceptors (Lipinski definition) is 1. The molecular formula is C13H14Cl3NO. The van der Waals surface area contributed by atoms with Crippen molar-refractivity contribution in [1.29, 1.82) is 0 Å². The second-order valence-corrected chi connectivity index (χ2v) is 6.77. The molecule has 0 heterocycles. The average Bonchev–Trinajstić information content (AvgIpc) is 2.79. The van der Waals surface area contributed by atoms with Crippen LogP contribution in [-0.4, -0.2) is 16.8 Å². The summed E-state index contributed by atoms with van der Waals surface area (Å²) in [6.45, 7) is 2.33. The highest BCUT2D eigenvalue weighted by molar-refractivity contribution is 6.53. The number of amides is 1. The van der Waals surface area contributed by atoms with Crippen LogP contribution in [0, 0.1) is 5.41 Å². The normalized spacial score (nSPS) is 24.7. The van der Waals surface area contributed by atoms with Crippen LogP contribution in [-0.2, 0) is 11.2 Å². The molecule has 1 unspecified atom stereocenters. The molecule has 1 amide bonds. The number of benzene rings is 1. The second kappa shape index (κ2) is 4.92. The van der Waals surface area contributed by atoms with Crippen molar-refractivity contribution in [2.75, 3.05) is 6.54 Å². The Balaban J connectivity index is 1.82. The molecule has 18 heavy (non-hydrogen) atoms. The van der Waals surface area contributed by atoms with E-state index >= 15 is 0 Å². The molecule has 0 aliphatic heterocycles. The molecule has 0 aromatic heterocycles. The molecule has 0 saturated heterocycles. The summed E-state index contributed by atoms with van der Waals surface area (Å²) in [5, 5.41) is 3.56. The van der Waals surface area contributed by atoms with E-state index in [4.69, 9.17) is 34.8 Å². The Labute approximate surface area is 122 Å². The molecule has 1 aromatic rings. The van der Waals surface area contributed by atoms with Crippen LogP contribution in [0.2, 0.25) is 5.02 Å². The lowest BCUT2D eigenvalue weighted by Crippen LogP contribution is -2.34. The minimum Gasteiger partial charge on any atom is -0.355 e. The molecule has 1 N–H and O–H groups in total. The van der Waals surface area contributed by atoms with Crippen molar-refractivity contribution in [1.82, 2.24) is 5.32 Å². The molecule has 2 nitrogen and oxygen atoms in total. The van der Waals surface area contributed by atoms with Gasteiger partial charge in [-0.05, 0) is 37.5 Å². The smallest absolute Gasteiger partial charge is 0.229 e. The molecule has 0 spiro atoms. The van der Waals surface area contributed by atoms with Gasteiger partial charge in [0.15, 0.2) is 0 Å². The fourth-order valence-electron chi connectivity index (χ4n) is 1.85. The Bertz CT molecular complexity index is 475. The lowest BCUT2D eigenvalue weighted by molar-refractivity contribution is -0.125. The van der Waals surface area contributed by atoms with E-state index in [1.54, 1.807) is 6.92 Å². The maximum Gasteiger partial charge on any atom is 0.229 e. The van der Waals surface area contributed by atoms with Gasteiger partial charge in [-0.15, -0.1) is 23.2 Å². The highest BCUT2D eigenvalue weighted by atomic mass is 35.5. The maximum atomic E-state index is 11.9. The molecule has 1 atom stereocenters. The first-order valence-corrected chi connectivity index (χ1v) is 6.89. The molecule has 98 valence electrons. The summed E-state index contributed by atoms with van der Waals surface area (Å²) >= 11 is 17.8. The Hall–Kier alpha value is -0.440. The first-order valence-electron chi connectivity index (χ1n) is 5.76. The highest BCUT2D eigenvalue weighted by Crippen LogP contribution is 2.63. The maximum absolute atomic E-state index is 11.9. The van der Waals surface area contributed by atoms with Gasteiger partial charge in [0, 0.05) is 11.6 Å². The molecule has 0 radical (unpaired) electrons. The van der Waals surface area contributed by atoms with Gasteiger partial charge in [0.05, 0.1) is 5.41 Å². The zero-order chi connectivity index (χ0) is 13.4. The largest absolute Gasteiger partial charge is 0.355 e. The number of alkyl halides is 2. The van der Waals surface area contributed by atoms with Gasteiger partial charge in [0.25, 0.3) is 0 Å². The van der Waals surface area contributed by atoms with Crippen molar-refractivity contribution in [2.45, 2.75) is 24.1 Å². The number of carbonyl (C=O) groups is 1. The summed E-state index contributed by atoms with van der Waals surface area (Å²) in [7, 11) is 0. The summed E-state index contributed by atoms with van der Waals surface area (Å²) in [5.74, 6) is -0.0884. The third kappa shape index (κ3) is 2.76. The Morgan fingerprint density at radius 2 is 2.11 bits per heavy atom. The van der Waals surface area contributed by atoms with Gasteiger partial charge in [-0.25, -0.2) is 0 Å². The SMILES string of the molecule is CC1(C(=O)NCCc2cccc(Cl)c2)CC1(Cl)Cl. The van der Waals surface area contributed by atoms with Crippen molar-refractivity contribution in [2.24, 2.45) is 5.41 Å². The number of rotatable bonds is 4. The molecule has 0 bridgehead atoms. The van der Waals surface area contributed by atoms with Crippen molar-refractivity contribution >= 4 is 40.7 Å². The third-order valence-electron chi connectivity index (χ3n) is 3.35. The van der Waals surface area contributed by atoms with E-state index in [1.807, 2.05) is 24.3 Å². The van der Waals surface area contributed by atoms with Gasteiger partial charge < -0.3 is 5.32 Å². The monoisotopic (exact) mass is 305 g/mol. The van der Waals surface area contributed by atoms with Crippen molar-refractivity contribution in [3.05, 3.63) is 34.9 Å². The number of carbonyl (C=O) groups excluding carboxylic acids is 1. The van der Waals surface area contributed by atoms with Crippen LogP contribution in [0.25, 0.3) is 0 Å². The molecule has 1 aromatic carbocycles. The predicted molar refractivity (Wildman–Crippen MR) is 75.3 cm³/mol. The summed E-state index contributed by atoms with van der Waals surface area (Å²) in [6.07, 6.45) is 1.24. The zero-order valence-electron chi connectivity index (χ0n) is 9.97. The Morgan fingerprint density at radius 3 is 2.67 bits per heavy atom. The van der Waals surface area contributed by atoms with E-state index in [0.29, 0.717) is 18.0 Å². The van der Waals surface area contributed by atoms with Crippen LogP contribution in [0.1, 0.15) is 18.9 Å². The quantitative estimate of drug-likeness (QED) is 0.846. The van der Waals surface area contributed by atoms with E-state index < -0.39 is 9.75 Å². The van der Waals surface area contributed by atoms with Crippen molar-refractivity contribution in [3.8, 4) is 0 Å². The van der Waals surface area contributed by atoms with E-state index in [9.17, 15) is 4.79 Å². The summed E-state index contributed by atoms with van der Waals surface area (Å²) in [5.41, 5.74) is 0.441. The van der Waals surface area contributed by atoms with Crippen LogP contribution in [0.3, 0.4) is 0 Å². The summed E-state index contributed by atoms with van der Waals surface area (Å²) in [4.78, 5) is 11.9. The molecule has 1 aliphatic carbocycles. The first-order chi connectivity index (χ1) is 8.35. The number of hydrogen-bond donors (Lipinski definition) is 1.